The van der Waals surface area contributed by atoms with Crippen LogP contribution >= 0.6 is 0 Å². The van der Waals surface area contributed by atoms with E-state index < -0.39 is 10.8 Å². The summed E-state index contributed by atoms with van der Waals surface area (Å²) in [5.74, 6) is -0.274. The minimum Gasteiger partial charge on any atom is -0.457 e. The maximum Gasteiger partial charge on any atom is 0.339 e. The van der Waals surface area contributed by atoms with E-state index in [-0.39, 0.29) is 12.6 Å². The van der Waals surface area contributed by atoms with Gasteiger partial charge in [0, 0.05) is 42.4 Å². The lowest BCUT2D eigenvalue weighted by molar-refractivity contribution is 0.0479. The van der Waals surface area contributed by atoms with Gasteiger partial charge in [0.25, 0.3) is 0 Å². The van der Waals surface area contributed by atoms with E-state index in [4.69, 9.17) is 4.74 Å². The summed E-state index contributed by atoms with van der Waals surface area (Å²) in [6, 6.07) is 48.5. The smallest absolute Gasteiger partial charge is 0.339 e. The summed E-state index contributed by atoms with van der Waals surface area (Å²) in [5.41, 5.74) is 14.2. The molecule has 0 saturated carbocycles. The molecule has 0 saturated heterocycles. The molecule has 4 nitrogen and oxygen atoms in total. The molecule has 0 radical (unpaired) electrons. The van der Waals surface area contributed by atoms with E-state index in [1.807, 2.05) is 6.07 Å². The third-order valence-electron chi connectivity index (χ3n) is 11.1. The zero-order valence-electron chi connectivity index (χ0n) is 25.6. The second-order valence-corrected chi connectivity index (χ2v) is 12.8. The molecule has 4 aliphatic rings. The van der Waals surface area contributed by atoms with Crippen molar-refractivity contribution in [1.82, 2.24) is 0 Å². The summed E-state index contributed by atoms with van der Waals surface area (Å²) in [4.78, 5) is 18.5. The second-order valence-electron chi connectivity index (χ2n) is 12.8. The van der Waals surface area contributed by atoms with Crippen LogP contribution < -0.4 is 9.80 Å². The number of rotatable bonds is 0. The number of cyclic esters (lactones) is 1. The van der Waals surface area contributed by atoms with Gasteiger partial charge in [0.15, 0.2) is 0 Å². The topological polar surface area (TPSA) is 32.8 Å². The fourth-order valence-electron chi connectivity index (χ4n) is 9.53. The van der Waals surface area contributed by atoms with Crippen molar-refractivity contribution in [3.63, 3.8) is 0 Å². The maximum absolute atomic E-state index is 13.8. The molecular formula is C42H30N2O2. The maximum atomic E-state index is 13.8. The number of ether oxygens (including phenoxy) is 1. The van der Waals surface area contributed by atoms with E-state index >= 15 is 0 Å². The Labute approximate surface area is 268 Å². The first kappa shape index (κ1) is 25.7. The van der Waals surface area contributed by atoms with Crippen LogP contribution in [0.4, 0.5) is 22.7 Å². The normalized spacial score (nSPS) is 16.9. The van der Waals surface area contributed by atoms with Gasteiger partial charge in [-0.1, -0.05) is 103 Å². The van der Waals surface area contributed by atoms with E-state index in [0.29, 0.717) is 5.56 Å². The molecule has 6 aromatic carbocycles. The van der Waals surface area contributed by atoms with Crippen LogP contribution in [0.5, 0.6) is 0 Å². The predicted molar refractivity (Wildman–Crippen MR) is 183 cm³/mol. The van der Waals surface area contributed by atoms with Crippen LogP contribution in [0.3, 0.4) is 0 Å². The molecule has 10 rings (SSSR count). The highest BCUT2D eigenvalue weighted by Crippen LogP contribution is 2.72. The quantitative estimate of drug-likeness (QED) is 0.165. The van der Waals surface area contributed by atoms with Gasteiger partial charge < -0.3 is 14.5 Å². The van der Waals surface area contributed by atoms with Crippen molar-refractivity contribution in [2.24, 2.45) is 0 Å². The first-order valence-corrected chi connectivity index (χ1v) is 15.9. The molecule has 0 atom stereocenters. The van der Waals surface area contributed by atoms with E-state index in [0.717, 1.165) is 33.6 Å². The first-order chi connectivity index (χ1) is 22.6. The molecule has 0 amide bonds. The largest absolute Gasteiger partial charge is 0.457 e. The molecule has 4 heteroatoms. The Hall–Kier alpha value is -5.61. The van der Waals surface area contributed by atoms with Crippen molar-refractivity contribution < 1.29 is 9.53 Å². The third kappa shape index (κ3) is 2.72. The Morgan fingerprint density at radius 2 is 0.870 bits per heavy atom. The van der Waals surface area contributed by atoms with Gasteiger partial charge >= 0.3 is 5.97 Å². The van der Waals surface area contributed by atoms with Crippen LogP contribution in [0, 0.1) is 0 Å². The number of hydrogen-bond donors (Lipinski definition) is 0. The van der Waals surface area contributed by atoms with E-state index in [1.165, 1.54) is 39.2 Å². The predicted octanol–water partition coefficient (Wildman–Crippen LogP) is 8.87. The fraction of sp³-hybridized carbons (Fsp3) is 0.119. The van der Waals surface area contributed by atoms with Crippen LogP contribution in [-0.2, 0) is 22.2 Å². The highest BCUT2D eigenvalue weighted by molar-refractivity contribution is 6.05. The van der Waals surface area contributed by atoms with Crippen molar-refractivity contribution in [3.05, 3.63) is 178 Å². The van der Waals surface area contributed by atoms with Gasteiger partial charge in [-0.25, -0.2) is 4.79 Å². The van der Waals surface area contributed by atoms with Gasteiger partial charge in [-0.3, -0.25) is 0 Å². The van der Waals surface area contributed by atoms with E-state index in [1.54, 1.807) is 0 Å². The number of nitrogens with zero attached hydrogens (tertiary/aromatic N) is 2. The van der Waals surface area contributed by atoms with Crippen molar-refractivity contribution in [1.29, 1.82) is 0 Å². The summed E-state index contributed by atoms with van der Waals surface area (Å²) in [5, 5.41) is 0. The van der Waals surface area contributed by atoms with Gasteiger partial charge in [0.2, 0.25) is 0 Å². The molecule has 6 aromatic rings. The van der Waals surface area contributed by atoms with Crippen molar-refractivity contribution >= 4 is 28.7 Å². The van der Waals surface area contributed by atoms with Crippen LogP contribution in [-0.4, -0.2) is 20.1 Å². The number of carbonyl (C=O) groups excluding carboxylic acids is 1. The summed E-state index contributed by atoms with van der Waals surface area (Å²) < 4.78 is 6.00. The minimum atomic E-state index is -0.762. The average Bonchev–Trinajstić information content (AvgIpc) is 3.26. The lowest BCUT2D eigenvalue weighted by atomic mass is 9.41. The Kier molecular flexibility index (Phi) is 4.89. The number of hydrogen-bond acceptors (Lipinski definition) is 4. The standard InChI is InChI=1S/C42H30N2O2/c1-43-34-21-7-3-15-28(34)41(29-16-4-8-22-35(29)43)32-19-11-13-26-25-46-40(45)27-14-12-20-33(39(27)38(26)32)42(41)30-17-5-9-23-36(30)44(2)37-24-10-6-18-31(37)42/h3-24H,25H2,1-2H3. The Morgan fingerprint density at radius 3 is 1.35 bits per heavy atom. The molecular weight excluding hydrogens is 564 g/mol. The molecule has 1 aliphatic carbocycles. The van der Waals surface area contributed by atoms with Crippen LogP contribution in [0.15, 0.2) is 133 Å². The fourth-order valence-corrected chi connectivity index (χ4v) is 9.53. The highest BCUT2D eigenvalue weighted by atomic mass is 16.5. The molecule has 0 unspecified atom stereocenters. The molecule has 0 bridgehead atoms. The monoisotopic (exact) mass is 594 g/mol. The Bertz CT molecular complexity index is 2210. The summed E-state index contributed by atoms with van der Waals surface area (Å²) in [6.45, 7) is 0.234. The Morgan fingerprint density at radius 1 is 0.478 bits per heavy atom. The number of para-hydroxylation sites is 4. The number of anilines is 4. The number of fused-ring (bicyclic) bond motifs is 11. The summed E-state index contributed by atoms with van der Waals surface area (Å²) >= 11 is 0. The Balaban J connectivity index is 1.57. The number of benzene rings is 6. The second kappa shape index (κ2) is 8.76. The van der Waals surface area contributed by atoms with Crippen molar-refractivity contribution in [2.75, 3.05) is 23.9 Å². The van der Waals surface area contributed by atoms with Gasteiger partial charge in [0.05, 0.1) is 16.4 Å². The van der Waals surface area contributed by atoms with Gasteiger partial charge in [0.1, 0.15) is 6.61 Å². The SMILES string of the molecule is CN1c2ccccc2C2(c3ccccc31)c1cccc3c1-c1c(cccc1C21c2ccccc2N(C)c2ccccc21)C(=O)OC3. The number of carbonyl (C=O) groups is 1. The zero-order chi connectivity index (χ0) is 30.8. The summed E-state index contributed by atoms with van der Waals surface area (Å²) in [7, 11) is 4.35. The number of esters is 1. The first-order valence-electron chi connectivity index (χ1n) is 15.9. The van der Waals surface area contributed by atoms with Crippen LogP contribution in [0.2, 0.25) is 0 Å². The third-order valence-corrected chi connectivity index (χ3v) is 11.1. The molecule has 220 valence electrons. The van der Waals surface area contributed by atoms with Crippen molar-refractivity contribution in [3.8, 4) is 11.1 Å². The zero-order valence-corrected chi connectivity index (χ0v) is 25.6. The molecule has 0 fully saturated rings. The van der Waals surface area contributed by atoms with E-state index in [9.17, 15) is 4.79 Å². The lowest BCUT2D eigenvalue weighted by Crippen LogP contribution is -2.58. The summed E-state index contributed by atoms with van der Waals surface area (Å²) in [6.07, 6.45) is 0. The average molecular weight is 595 g/mol. The molecule has 3 heterocycles. The minimum absolute atomic E-state index is 0.234. The highest BCUT2D eigenvalue weighted by Gasteiger charge is 2.66. The van der Waals surface area contributed by atoms with E-state index in [2.05, 4.69) is 151 Å². The molecule has 0 N–H and O–H groups in total. The molecule has 2 spiro atoms. The van der Waals surface area contributed by atoms with Gasteiger partial charge in [-0.15, -0.1) is 0 Å². The lowest BCUT2D eigenvalue weighted by Gasteiger charge is -2.61. The molecule has 0 aromatic heterocycles. The van der Waals surface area contributed by atoms with Crippen LogP contribution in [0.25, 0.3) is 11.1 Å². The molecule has 46 heavy (non-hydrogen) atoms. The van der Waals surface area contributed by atoms with Crippen LogP contribution in [0.1, 0.15) is 49.3 Å². The molecule has 3 aliphatic heterocycles. The van der Waals surface area contributed by atoms with Gasteiger partial charge in [-0.05, 0) is 74.8 Å². The van der Waals surface area contributed by atoms with Gasteiger partial charge in [-0.2, -0.15) is 0 Å². The van der Waals surface area contributed by atoms with Crippen molar-refractivity contribution in [2.45, 2.75) is 17.4 Å².